The number of carbonyl (C=O) groups is 2. The smallest absolute Gasteiger partial charge is 0.291 e. The molecule has 2 aromatic carbocycles. The molecular weight excluding hydrogens is 416 g/mol. The zero-order chi connectivity index (χ0) is 18.8. The van der Waals surface area contributed by atoms with E-state index >= 15 is 0 Å². The van der Waals surface area contributed by atoms with Crippen LogP contribution < -0.4 is 5.32 Å². The number of aryl methyl sites for hydroxylation is 1. The summed E-state index contributed by atoms with van der Waals surface area (Å²) in [6, 6.07) is 12.7. The van der Waals surface area contributed by atoms with Crippen LogP contribution in [0.15, 0.2) is 56.2 Å². The van der Waals surface area contributed by atoms with Gasteiger partial charge in [-0.05, 0) is 61.2 Å². The van der Waals surface area contributed by atoms with Crippen molar-refractivity contribution < 1.29 is 14.0 Å². The lowest BCUT2D eigenvalue weighted by atomic mass is 10.1. The molecule has 0 aliphatic carbocycles. The minimum atomic E-state index is -0.306. The van der Waals surface area contributed by atoms with E-state index in [9.17, 15) is 9.59 Å². The van der Waals surface area contributed by atoms with E-state index in [2.05, 4.69) is 21.2 Å². The lowest BCUT2D eigenvalue weighted by molar-refractivity contribution is 0.0998. The zero-order valence-electron chi connectivity index (χ0n) is 14.5. The number of halogens is 1. The zero-order valence-corrected chi connectivity index (χ0v) is 16.9. The van der Waals surface area contributed by atoms with Crippen LogP contribution in [0.25, 0.3) is 11.0 Å². The van der Waals surface area contributed by atoms with E-state index in [4.69, 9.17) is 4.42 Å². The molecule has 1 N–H and O–H groups in total. The van der Waals surface area contributed by atoms with Crippen molar-refractivity contribution in [1.29, 1.82) is 0 Å². The van der Waals surface area contributed by atoms with Gasteiger partial charge in [-0.1, -0.05) is 15.9 Å². The highest BCUT2D eigenvalue weighted by Gasteiger charge is 2.18. The molecule has 26 heavy (non-hydrogen) atoms. The Kier molecular flexibility index (Phi) is 5.38. The van der Waals surface area contributed by atoms with E-state index in [1.54, 1.807) is 38.4 Å². The number of fused-ring (bicyclic) bond motifs is 1. The predicted octanol–water partition coefficient (Wildman–Crippen LogP) is 5.53. The van der Waals surface area contributed by atoms with Gasteiger partial charge in [0.1, 0.15) is 5.58 Å². The van der Waals surface area contributed by atoms with Crippen molar-refractivity contribution in [2.24, 2.45) is 0 Å². The fourth-order valence-electron chi connectivity index (χ4n) is 2.40. The van der Waals surface area contributed by atoms with Gasteiger partial charge in [0.15, 0.2) is 5.76 Å². The molecule has 0 saturated heterocycles. The maximum Gasteiger partial charge on any atom is 0.291 e. The number of hydrogen-bond acceptors (Lipinski definition) is 4. The summed E-state index contributed by atoms with van der Waals surface area (Å²) >= 11 is 4.56. The third kappa shape index (κ3) is 3.94. The number of carbonyl (C=O) groups excluding carboxylic acids is 2. The fraction of sp³-hybridized carbons (Fsp3) is 0.158. The summed E-state index contributed by atoms with van der Waals surface area (Å²) in [6.07, 6.45) is 0. The van der Waals surface area contributed by atoms with Crippen LogP contribution in [0.4, 0.5) is 10.5 Å². The van der Waals surface area contributed by atoms with Gasteiger partial charge in [-0.3, -0.25) is 9.59 Å². The quantitative estimate of drug-likeness (QED) is 0.552. The molecule has 3 aromatic rings. The van der Waals surface area contributed by atoms with Crippen LogP contribution in [0.2, 0.25) is 0 Å². The SMILES string of the molecule is Cc1c(C(=O)Nc2ccc(SC(=O)N(C)C)cc2)oc2ccc(Br)cc12. The van der Waals surface area contributed by atoms with Crippen molar-refractivity contribution in [3.05, 3.63) is 58.3 Å². The van der Waals surface area contributed by atoms with Crippen molar-refractivity contribution in [3.8, 4) is 0 Å². The van der Waals surface area contributed by atoms with Crippen LogP contribution in [0.5, 0.6) is 0 Å². The predicted molar refractivity (Wildman–Crippen MR) is 108 cm³/mol. The Balaban J connectivity index is 1.76. The standard InChI is InChI=1S/C19H17BrN2O3S/c1-11-15-10-12(20)4-9-16(15)25-17(11)18(23)21-13-5-7-14(8-6-13)26-19(24)22(2)3/h4-10H,1-3H3,(H,21,23). The number of thioether (sulfide) groups is 1. The summed E-state index contributed by atoms with van der Waals surface area (Å²) in [6.45, 7) is 1.86. The third-order valence-electron chi connectivity index (χ3n) is 3.79. The molecule has 1 heterocycles. The number of amides is 2. The summed E-state index contributed by atoms with van der Waals surface area (Å²) in [5.41, 5.74) is 2.10. The van der Waals surface area contributed by atoms with Crippen molar-refractivity contribution in [3.63, 3.8) is 0 Å². The first-order chi connectivity index (χ1) is 12.3. The molecule has 0 saturated carbocycles. The second kappa shape index (κ2) is 7.55. The van der Waals surface area contributed by atoms with E-state index in [0.29, 0.717) is 17.0 Å². The fourth-order valence-corrected chi connectivity index (χ4v) is 3.41. The van der Waals surface area contributed by atoms with Crippen LogP contribution in [-0.4, -0.2) is 30.1 Å². The van der Waals surface area contributed by atoms with E-state index in [-0.39, 0.29) is 11.1 Å². The number of furan rings is 1. The molecule has 1 aromatic heterocycles. The Hall–Kier alpha value is -2.25. The molecule has 0 fully saturated rings. The molecule has 0 radical (unpaired) electrons. The van der Waals surface area contributed by atoms with Gasteiger partial charge in [0, 0.05) is 40.1 Å². The highest BCUT2D eigenvalue weighted by atomic mass is 79.9. The summed E-state index contributed by atoms with van der Waals surface area (Å²) in [5, 5.41) is 3.68. The maximum absolute atomic E-state index is 12.6. The number of hydrogen-bond donors (Lipinski definition) is 1. The van der Waals surface area contributed by atoms with Crippen LogP contribution in [0.1, 0.15) is 16.1 Å². The largest absolute Gasteiger partial charge is 0.451 e. The lowest BCUT2D eigenvalue weighted by Gasteiger charge is -2.09. The minimum Gasteiger partial charge on any atom is -0.451 e. The Bertz CT molecular complexity index is 980. The van der Waals surface area contributed by atoms with Crippen molar-refractivity contribution in [2.45, 2.75) is 11.8 Å². The first-order valence-electron chi connectivity index (χ1n) is 7.84. The molecule has 5 nitrogen and oxygen atoms in total. The van der Waals surface area contributed by atoms with Crippen LogP contribution in [0.3, 0.4) is 0 Å². The molecule has 2 amide bonds. The first kappa shape index (κ1) is 18.5. The van der Waals surface area contributed by atoms with E-state index in [0.717, 1.165) is 32.1 Å². The summed E-state index contributed by atoms with van der Waals surface area (Å²) in [4.78, 5) is 26.6. The van der Waals surface area contributed by atoms with Gasteiger partial charge in [-0.2, -0.15) is 0 Å². The van der Waals surface area contributed by atoms with Gasteiger partial charge in [0.25, 0.3) is 11.1 Å². The summed E-state index contributed by atoms with van der Waals surface area (Å²) in [7, 11) is 3.41. The van der Waals surface area contributed by atoms with Gasteiger partial charge < -0.3 is 14.6 Å². The van der Waals surface area contributed by atoms with Crippen LogP contribution in [-0.2, 0) is 0 Å². The van der Waals surface area contributed by atoms with Gasteiger partial charge in [-0.25, -0.2) is 0 Å². The molecule has 3 rings (SSSR count). The van der Waals surface area contributed by atoms with Crippen molar-refractivity contribution in [2.75, 3.05) is 19.4 Å². The Labute approximate surface area is 163 Å². The average molecular weight is 433 g/mol. The van der Waals surface area contributed by atoms with Crippen molar-refractivity contribution >= 4 is 55.5 Å². The Morgan fingerprint density at radius 1 is 1.12 bits per heavy atom. The second-order valence-electron chi connectivity index (χ2n) is 5.94. The highest BCUT2D eigenvalue weighted by Crippen LogP contribution is 2.29. The lowest BCUT2D eigenvalue weighted by Crippen LogP contribution is -2.16. The first-order valence-corrected chi connectivity index (χ1v) is 9.45. The van der Waals surface area contributed by atoms with Gasteiger partial charge in [0.05, 0.1) is 0 Å². The maximum atomic E-state index is 12.6. The average Bonchev–Trinajstić information content (AvgIpc) is 2.93. The van der Waals surface area contributed by atoms with Gasteiger partial charge >= 0.3 is 0 Å². The number of rotatable bonds is 3. The van der Waals surface area contributed by atoms with Crippen LogP contribution in [0, 0.1) is 6.92 Å². The monoisotopic (exact) mass is 432 g/mol. The molecule has 0 aliphatic heterocycles. The minimum absolute atomic E-state index is 0.0501. The molecule has 134 valence electrons. The van der Waals surface area contributed by atoms with Gasteiger partial charge in [0.2, 0.25) is 0 Å². The number of anilines is 1. The number of nitrogens with one attached hydrogen (secondary N) is 1. The molecule has 0 aliphatic rings. The normalized spacial score (nSPS) is 10.8. The highest BCUT2D eigenvalue weighted by molar-refractivity contribution is 9.10. The number of nitrogens with zero attached hydrogens (tertiary/aromatic N) is 1. The molecule has 0 bridgehead atoms. The third-order valence-corrected chi connectivity index (χ3v) is 5.33. The van der Waals surface area contributed by atoms with Crippen molar-refractivity contribution in [1.82, 2.24) is 4.90 Å². The van der Waals surface area contributed by atoms with Crippen LogP contribution >= 0.6 is 27.7 Å². The summed E-state index contributed by atoms with van der Waals surface area (Å²) < 4.78 is 6.64. The second-order valence-corrected chi connectivity index (χ2v) is 7.88. The molecule has 0 atom stereocenters. The number of benzene rings is 2. The molecule has 7 heteroatoms. The Morgan fingerprint density at radius 3 is 2.46 bits per heavy atom. The van der Waals surface area contributed by atoms with Gasteiger partial charge in [-0.15, -0.1) is 0 Å². The molecule has 0 unspecified atom stereocenters. The topological polar surface area (TPSA) is 62.6 Å². The molecular formula is C19H17BrN2O3S. The van der Waals surface area contributed by atoms with E-state index in [1.165, 1.54) is 4.90 Å². The van der Waals surface area contributed by atoms with E-state index in [1.807, 2.05) is 25.1 Å². The Morgan fingerprint density at radius 2 is 1.81 bits per heavy atom. The summed E-state index contributed by atoms with van der Waals surface area (Å²) in [5.74, 6) is -0.0149. The molecule has 0 spiro atoms. The van der Waals surface area contributed by atoms with E-state index < -0.39 is 0 Å².